The van der Waals surface area contributed by atoms with Crippen LogP contribution >= 0.6 is 23.5 Å². The second-order valence-corrected chi connectivity index (χ2v) is 7.04. The highest BCUT2D eigenvalue weighted by Crippen LogP contribution is 2.67. The van der Waals surface area contributed by atoms with Crippen LogP contribution in [0.15, 0.2) is 0 Å². The smallest absolute Gasteiger partial charge is 0.302 e. The average Bonchev–Trinajstić information content (AvgIpc) is 1.88. The Bertz CT molecular complexity index is 492. The van der Waals surface area contributed by atoms with E-state index in [9.17, 15) is 35.6 Å². The first-order valence-corrected chi connectivity index (χ1v) is 8.18. The van der Waals surface area contributed by atoms with E-state index in [1.165, 1.54) is 0 Å². The van der Waals surface area contributed by atoms with E-state index in [4.69, 9.17) is 19.6 Å². The zero-order valence-electron chi connectivity index (χ0n) is 8.47. The summed E-state index contributed by atoms with van der Waals surface area (Å²) < 4.78 is 98.7. The summed E-state index contributed by atoms with van der Waals surface area (Å²) in [5, 5.41) is 0. The van der Waals surface area contributed by atoms with Crippen molar-refractivity contribution in [1.29, 1.82) is 0 Å². The Labute approximate surface area is 105 Å². The van der Waals surface area contributed by atoms with E-state index >= 15 is 0 Å². The topological polar surface area (TPSA) is 160 Å². The van der Waals surface area contributed by atoms with Crippen molar-refractivity contribution in [2.24, 2.45) is 0 Å². The van der Waals surface area contributed by atoms with Gasteiger partial charge >= 0.3 is 35.8 Å². The van der Waals surface area contributed by atoms with E-state index in [1.807, 2.05) is 0 Å². The molecule has 0 rings (SSSR count). The molecule has 0 saturated heterocycles. The first-order chi connectivity index (χ1) is 8.37. The predicted octanol–water partition coefficient (Wildman–Crippen LogP) is 1.48. The van der Waals surface area contributed by atoms with Gasteiger partial charge in [-0.1, -0.05) is 0 Å². The summed E-state index contributed by atoms with van der Waals surface area (Å²) in [6.45, 7) is 0. The minimum atomic E-state index is -6.57. The molecule has 2 atom stereocenters. The van der Waals surface area contributed by atoms with Crippen LogP contribution in [0.25, 0.3) is 0 Å². The molecule has 0 saturated carbocycles. The quantitative estimate of drug-likeness (QED) is 0.395. The molecule has 0 fully saturated rings. The maximum Gasteiger partial charge on any atom is 0.490 e. The molecule has 4 N–H and O–H groups in total. The average molecular weight is 376 g/mol. The number of hydrogen-bond donors (Lipinski definition) is 4. The third-order valence-corrected chi connectivity index (χ3v) is 4.76. The Morgan fingerprint density at radius 3 is 1.45 bits per heavy atom. The van der Waals surface area contributed by atoms with Gasteiger partial charge in [-0.05, 0) is 0 Å². The van der Waals surface area contributed by atoms with E-state index in [0.29, 0.717) is 0 Å². The highest BCUT2D eigenvalue weighted by molar-refractivity contribution is 7.66. The summed E-state index contributed by atoms with van der Waals surface area (Å²) >= 11 is 0. The van der Waals surface area contributed by atoms with Gasteiger partial charge in [-0.25, -0.2) is 18.2 Å². The lowest BCUT2D eigenvalue weighted by Gasteiger charge is -2.22. The van der Waals surface area contributed by atoms with Gasteiger partial charge in [0, 0.05) is 0 Å². The van der Waals surface area contributed by atoms with Crippen LogP contribution in [0.1, 0.15) is 0 Å². The van der Waals surface area contributed by atoms with Crippen molar-refractivity contribution >= 4 is 23.5 Å². The molecule has 0 aromatic heterocycles. The fraction of sp³-hybridized carbons (Fsp3) is 1.00. The number of halogens is 5. The molecule has 0 bridgehead atoms. The fourth-order valence-corrected chi connectivity index (χ4v) is 3.53. The third-order valence-electron chi connectivity index (χ3n) is 0.976. The van der Waals surface area contributed by atoms with Crippen molar-refractivity contribution in [2.45, 2.75) is 12.3 Å². The lowest BCUT2D eigenvalue weighted by atomic mass is 10.6. The van der Waals surface area contributed by atoms with Gasteiger partial charge in [-0.2, -0.15) is 30.6 Å². The van der Waals surface area contributed by atoms with Gasteiger partial charge in [0.15, 0.2) is 0 Å². The van der Waals surface area contributed by atoms with Gasteiger partial charge in [0.1, 0.15) is 0 Å². The Morgan fingerprint density at radius 2 is 1.15 bits per heavy atom. The molecule has 0 amide bonds. The molecule has 2 unspecified atom stereocenters. The predicted molar refractivity (Wildman–Crippen MR) is 46.0 cm³/mol. The normalized spacial score (nSPS) is 20.2. The van der Waals surface area contributed by atoms with Crippen LogP contribution < -0.4 is 0 Å². The Kier molecular flexibility index (Phi) is 5.70. The van der Waals surface area contributed by atoms with Crippen molar-refractivity contribution in [2.75, 3.05) is 0 Å². The zero-order chi connectivity index (χ0) is 16.6. The molecular formula is C2H4F5O10P3. The summed E-state index contributed by atoms with van der Waals surface area (Å²) in [5.74, 6) is 0. The second-order valence-electron chi connectivity index (χ2n) is 2.70. The van der Waals surface area contributed by atoms with E-state index in [1.54, 1.807) is 0 Å². The first-order valence-electron chi connectivity index (χ1n) is 3.66. The third kappa shape index (κ3) is 7.18. The molecule has 20 heavy (non-hydrogen) atoms. The minimum absolute atomic E-state index is 2.31. The molecular weight excluding hydrogens is 372 g/mol. The lowest BCUT2D eigenvalue weighted by molar-refractivity contribution is -0.364. The van der Waals surface area contributed by atoms with Gasteiger partial charge < -0.3 is 19.6 Å². The zero-order valence-corrected chi connectivity index (χ0v) is 11.2. The molecule has 18 heteroatoms. The summed E-state index contributed by atoms with van der Waals surface area (Å²) in [7, 11) is -18.5. The SMILES string of the molecule is O=P(O)(O)OP(=O)(O)OP(=O)(O)OC(F)(F)C(F)(F)F. The summed E-state index contributed by atoms with van der Waals surface area (Å²) in [4.78, 5) is 33.0. The van der Waals surface area contributed by atoms with Gasteiger partial charge in [0.25, 0.3) is 0 Å². The standard InChI is InChI=1S/C2H4F5O10P3/c3-1(4,5)2(6,7)15-19(11,12)17-20(13,14)16-18(8,9)10/h(H,11,12)(H,13,14)(H2,8,9,10). The molecule has 122 valence electrons. The first kappa shape index (κ1) is 20.1. The monoisotopic (exact) mass is 376 g/mol. The number of rotatable bonds is 6. The van der Waals surface area contributed by atoms with Crippen LogP contribution in [0.2, 0.25) is 0 Å². The largest absolute Gasteiger partial charge is 0.490 e. The maximum atomic E-state index is 12.2. The summed E-state index contributed by atoms with van der Waals surface area (Å²) in [6, 6.07) is 0. The van der Waals surface area contributed by atoms with Crippen molar-refractivity contribution in [3.63, 3.8) is 0 Å². The van der Waals surface area contributed by atoms with Crippen LogP contribution in [0.3, 0.4) is 0 Å². The van der Waals surface area contributed by atoms with Crippen LogP contribution in [0, 0.1) is 0 Å². The molecule has 0 radical (unpaired) electrons. The highest BCUT2D eigenvalue weighted by Gasteiger charge is 2.64. The number of phosphoric ester groups is 1. The molecule has 0 aliphatic heterocycles. The second kappa shape index (κ2) is 5.69. The van der Waals surface area contributed by atoms with Crippen molar-refractivity contribution in [1.82, 2.24) is 0 Å². The van der Waals surface area contributed by atoms with Crippen molar-refractivity contribution < 1.29 is 68.4 Å². The number of alkyl halides is 5. The minimum Gasteiger partial charge on any atom is -0.302 e. The Balaban J connectivity index is 5.07. The van der Waals surface area contributed by atoms with Crippen LogP contribution in [0.4, 0.5) is 22.0 Å². The molecule has 0 spiro atoms. The summed E-state index contributed by atoms with van der Waals surface area (Å²) in [5.41, 5.74) is 0. The maximum absolute atomic E-state index is 12.2. The van der Waals surface area contributed by atoms with E-state index in [2.05, 4.69) is 13.1 Å². The molecule has 0 aromatic carbocycles. The van der Waals surface area contributed by atoms with Crippen LogP contribution in [0.5, 0.6) is 0 Å². The van der Waals surface area contributed by atoms with Gasteiger partial charge in [-0.3, -0.25) is 0 Å². The molecule has 0 heterocycles. The Morgan fingerprint density at radius 1 is 0.750 bits per heavy atom. The van der Waals surface area contributed by atoms with Gasteiger partial charge in [-0.15, -0.1) is 0 Å². The van der Waals surface area contributed by atoms with Crippen LogP contribution in [-0.2, 0) is 26.8 Å². The summed E-state index contributed by atoms with van der Waals surface area (Å²) in [6.07, 6.45) is -12.7. The Hall–Kier alpha value is 0.0600. The van der Waals surface area contributed by atoms with E-state index in [-0.39, 0.29) is 0 Å². The van der Waals surface area contributed by atoms with Crippen LogP contribution in [-0.4, -0.2) is 31.9 Å². The molecule has 0 aliphatic carbocycles. The molecule has 0 aromatic rings. The molecule has 10 nitrogen and oxygen atoms in total. The highest BCUT2D eigenvalue weighted by atomic mass is 31.3. The molecule has 0 aliphatic rings. The van der Waals surface area contributed by atoms with E-state index < -0.39 is 35.8 Å². The number of hydrogen-bond acceptors (Lipinski definition) is 6. The lowest BCUT2D eigenvalue weighted by Crippen LogP contribution is -2.38. The van der Waals surface area contributed by atoms with Crippen molar-refractivity contribution in [3.8, 4) is 0 Å². The van der Waals surface area contributed by atoms with Gasteiger partial charge in [0.05, 0.1) is 0 Å². The fourth-order valence-electron chi connectivity index (χ4n) is 0.493. The van der Waals surface area contributed by atoms with E-state index in [0.717, 1.165) is 0 Å². The van der Waals surface area contributed by atoms with Crippen molar-refractivity contribution in [3.05, 3.63) is 0 Å². The number of phosphoric acid groups is 3. The van der Waals surface area contributed by atoms with Gasteiger partial charge in [0.2, 0.25) is 0 Å².